The molecule has 0 radical (unpaired) electrons. The highest BCUT2D eigenvalue weighted by Gasteiger charge is 2.27. The van der Waals surface area contributed by atoms with Crippen LogP contribution in [0.15, 0.2) is 66.7 Å². The number of nitrogens with one attached hydrogen (secondary N) is 2. The second-order valence-electron chi connectivity index (χ2n) is 8.54. The zero-order chi connectivity index (χ0) is 24.1. The molecule has 4 rings (SSSR count). The van der Waals surface area contributed by atoms with Crippen molar-refractivity contribution < 1.29 is 14.4 Å². The molecule has 0 saturated carbocycles. The maximum atomic E-state index is 13.1. The summed E-state index contributed by atoms with van der Waals surface area (Å²) < 4.78 is 1.59. The molecule has 2 heterocycles. The largest absolute Gasteiger partial charge is 0.348 e. The fraction of sp³-hybridized carbons (Fsp3) is 0.308. The van der Waals surface area contributed by atoms with Gasteiger partial charge in [-0.3, -0.25) is 19.1 Å². The Hall–Kier alpha value is -3.94. The van der Waals surface area contributed by atoms with Gasteiger partial charge in [-0.2, -0.15) is 5.10 Å². The van der Waals surface area contributed by atoms with Gasteiger partial charge in [-0.25, -0.2) is 0 Å². The first kappa shape index (κ1) is 23.2. The first-order valence-electron chi connectivity index (χ1n) is 11.5. The van der Waals surface area contributed by atoms with Gasteiger partial charge in [0.15, 0.2) is 5.69 Å². The number of fused-ring (bicyclic) bond motifs is 1. The lowest BCUT2D eigenvalue weighted by atomic mass is 10.1. The Bertz CT molecular complexity index is 1160. The third-order valence-corrected chi connectivity index (χ3v) is 5.93. The number of aryl methyl sites for hydroxylation is 1. The van der Waals surface area contributed by atoms with Gasteiger partial charge in [0, 0.05) is 25.7 Å². The molecule has 1 aliphatic rings. The summed E-state index contributed by atoms with van der Waals surface area (Å²) in [6, 6.07) is 20.0. The van der Waals surface area contributed by atoms with Crippen molar-refractivity contribution in [3.05, 3.63) is 89.2 Å². The van der Waals surface area contributed by atoms with Crippen LogP contribution in [0.4, 0.5) is 0 Å². The van der Waals surface area contributed by atoms with E-state index in [4.69, 9.17) is 0 Å². The van der Waals surface area contributed by atoms with Crippen LogP contribution in [0.1, 0.15) is 58.4 Å². The molecule has 0 bridgehead atoms. The number of carbonyl (C=O) groups is 3. The topological polar surface area (TPSA) is 96.3 Å². The maximum Gasteiger partial charge on any atom is 0.272 e. The van der Waals surface area contributed by atoms with Gasteiger partial charge in [-0.15, -0.1) is 0 Å². The van der Waals surface area contributed by atoms with Crippen LogP contribution < -0.4 is 10.6 Å². The van der Waals surface area contributed by atoms with Gasteiger partial charge in [0.1, 0.15) is 11.7 Å². The van der Waals surface area contributed by atoms with E-state index in [1.807, 2.05) is 67.6 Å². The van der Waals surface area contributed by atoms with E-state index in [-0.39, 0.29) is 23.6 Å². The highest BCUT2D eigenvalue weighted by atomic mass is 16.2. The number of hydrogen-bond donors (Lipinski definition) is 2. The van der Waals surface area contributed by atoms with Crippen molar-refractivity contribution in [3.63, 3.8) is 0 Å². The Balaban J connectivity index is 1.40. The van der Waals surface area contributed by atoms with Gasteiger partial charge < -0.3 is 15.5 Å². The molecule has 3 amide bonds. The summed E-state index contributed by atoms with van der Waals surface area (Å²) in [4.78, 5) is 40.3. The van der Waals surface area contributed by atoms with Crippen LogP contribution in [0.25, 0.3) is 0 Å². The summed E-state index contributed by atoms with van der Waals surface area (Å²) in [5, 5.41) is 9.95. The molecule has 0 fully saturated rings. The van der Waals surface area contributed by atoms with Crippen molar-refractivity contribution in [2.75, 3.05) is 6.54 Å². The fourth-order valence-electron chi connectivity index (χ4n) is 4.00. The van der Waals surface area contributed by atoms with E-state index < -0.39 is 11.9 Å². The molecule has 0 aliphatic carbocycles. The van der Waals surface area contributed by atoms with Crippen molar-refractivity contribution in [1.29, 1.82) is 0 Å². The molecule has 3 aromatic rings. The first-order chi connectivity index (χ1) is 16.4. The van der Waals surface area contributed by atoms with E-state index in [0.29, 0.717) is 25.3 Å². The van der Waals surface area contributed by atoms with Crippen molar-refractivity contribution in [2.24, 2.45) is 0 Å². The summed E-state index contributed by atoms with van der Waals surface area (Å²) in [7, 11) is 0. The van der Waals surface area contributed by atoms with Gasteiger partial charge in [0.25, 0.3) is 11.8 Å². The molecule has 176 valence electrons. The standard InChI is InChI=1S/C26H29N5O3/c1-18(21-12-7-4-8-13-21)27-24(32)19(2)28-25(33)22-16-23-26(34)30(14-9-15-31(23)29-22)17-20-10-5-3-6-11-20/h3-8,10-13,16,18-19H,9,14-15,17H2,1-2H3,(H,27,32)(H,28,33)/t18-,19+/m0/s1. The highest BCUT2D eigenvalue weighted by molar-refractivity contribution is 5.99. The van der Waals surface area contributed by atoms with Gasteiger partial charge in [0.2, 0.25) is 5.91 Å². The van der Waals surface area contributed by atoms with Gasteiger partial charge in [-0.1, -0.05) is 60.7 Å². The molecule has 1 aromatic heterocycles. The third kappa shape index (κ3) is 5.33. The predicted molar refractivity (Wildman–Crippen MR) is 128 cm³/mol. The van der Waals surface area contributed by atoms with Crippen LogP contribution in [0.5, 0.6) is 0 Å². The SMILES string of the molecule is C[C@H](NC(=O)[C@@H](C)NC(=O)c1cc2n(n1)CCCN(Cc1ccccc1)C2=O)c1ccccc1. The molecule has 0 unspecified atom stereocenters. The predicted octanol–water partition coefficient (Wildman–Crippen LogP) is 2.92. The number of aromatic nitrogens is 2. The summed E-state index contributed by atoms with van der Waals surface area (Å²) in [5.74, 6) is -0.941. The van der Waals surface area contributed by atoms with Crippen LogP contribution in [-0.2, 0) is 17.9 Å². The Morgan fingerprint density at radius 2 is 1.65 bits per heavy atom. The molecule has 8 nitrogen and oxygen atoms in total. The van der Waals surface area contributed by atoms with E-state index in [9.17, 15) is 14.4 Å². The second-order valence-corrected chi connectivity index (χ2v) is 8.54. The molecular weight excluding hydrogens is 430 g/mol. The molecular formula is C26H29N5O3. The van der Waals surface area contributed by atoms with Crippen molar-refractivity contribution in [1.82, 2.24) is 25.3 Å². The second kappa shape index (κ2) is 10.3. The lowest BCUT2D eigenvalue weighted by Crippen LogP contribution is -2.45. The van der Waals surface area contributed by atoms with Crippen molar-refractivity contribution >= 4 is 17.7 Å². The van der Waals surface area contributed by atoms with Crippen LogP contribution in [0, 0.1) is 0 Å². The molecule has 1 aliphatic heterocycles. The Morgan fingerprint density at radius 1 is 0.971 bits per heavy atom. The van der Waals surface area contributed by atoms with Gasteiger partial charge >= 0.3 is 0 Å². The first-order valence-corrected chi connectivity index (χ1v) is 11.5. The zero-order valence-corrected chi connectivity index (χ0v) is 19.4. The van der Waals surface area contributed by atoms with E-state index in [1.54, 1.807) is 16.5 Å². The average molecular weight is 460 g/mol. The van der Waals surface area contributed by atoms with Gasteiger partial charge in [-0.05, 0) is 31.4 Å². The monoisotopic (exact) mass is 459 g/mol. The lowest BCUT2D eigenvalue weighted by molar-refractivity contribution is -0.123. The van der Waals surface area contributed by atoms with Crippen LogP contribution in [0.3, 0.4) is 0 Å². The highest BCUT2D eigenvalue weighted by Crippen LogP contribution is 2.17. The Kier molecular flexibility index (Phi) is 7.06. The number of benzene rings is 2. The minimum atomic E-state index is -0.759. The zero-order valence-electron chi connectivity index (χ0n) is 19.4. The molecule has 34 heavy (non-hydrogen) atoms. The molecule has 8 heteroatoms. The lowest BCUT2D eigenvalue weighted by Gasteiger charge is -2.20. The maximum absolute atomic E-state index is 13.1. The van der Waals surface area contributed by atoms with Crippen molar-refractivity contribution in [3.8, 4) is 0 Å². The molecule has 2 aromatic carbocycles. The summed E-state index contributed by atoms with van der Waals surface area (Å²) in [6.45, 7) is 5.18. The van der Waals surface area contributed by atoms with Crippen molar-refractivity contribution in [2.45, 2.75) is 45.4 Å². The van der Waals surface area contributed by atoms with Crippen LogP contribution in [0.2, 0.25) is 0 Å². The molecule has 2 N–H and O–H groups in total. The molecule has 2 atom stereocenters. The Labute approximate surface area is 199 Å². The van der Waals surface area contributed by atoms with Crippen LogP contribution >= 0.6 is 0 Å². The quantitative estimate of drug-likeness (QED) is 0.568. The summed E-state index contributed by atoms with van der Waals surface area (Å²) in [5.41, 5.74) is 2.53. The number of hydrogen-bond acceptors (Lipinski definition) is 4. The fourth-order valence-corrected chi connectivity index (χ4v) is 4.00. The number of carbonyl (C=O) groups excluding carboxylic acids is 3. The number of rotatable bonds is 7. The van der Waals surface area contributed by atoms with Crippen LogP contribution in [-0.4, -0.2) is 45.0 Å². The molecule has 0 saturated heterocycles. The minimum Gasteiger partial charge on any atom is -0.348 e. The van der Waals surface area contributed by atoms with E-state index >= 15 is 0 Å². The third-order valence-electron chi connectivity index (χ3n) is 5.93. The van der Waals surface area contributed by atoms with E-state index in [0.717, 1.165) is 17.5 Å². The van der Waals surface area contributed by atoms with Gasteiger partial charge in [0.05, 0.1) is 6.04 Å². The summed E-state index contributed by atoms with van der Waals surface area (Å²) >= 11 is 0. The normalized spacial score (nSPS) is 15.1. The minimum absolute atomic E-state index is 0.126. The number of nitrogens with zero attached hydrogens (tertiary/aromatic N) is 3. The smallest absolute Gasteiger partial charge is 0.272 e. The molecule has 0 spiro atoms. The van der Waals surface area contributed by atoms with E-state index in [1.165, 1.54) is 6.07 Å². The number of amides is 3. The average Bonchev–Trinajstić information content (AvgIpc) is 3.22. The Morgan fingerprint density at radius 3 is 2.35 bits per heavy atom. The van der Waals surface area contributed by atoms with E-state index in [2.05, 4.69) is 15.7 Å². The summed E-state index contributed by atoms with van der Waals surface area (Å²) in [6.07, 6.45) is 0.741.